The molecule has 0 aliphatic carbocycles. The van der Waals surface area contributed by atoms with Gasteiger partial charge in [0.15, 0.2) is 0 Å². The zero-order valence-corrected chi connectivity index (χ0v) is 11.8. The van der Waals surface area contributed by atoms with E-state index in [9.17, 15) is 4.79 Å². The molecule has 2 N–H and O–H groups in total. The van der Waals surface area contributed by atoms with Crippen LogP contribution in [0.15, 0.2) is 11.4 Å². The quantitative estimate of drug-likeness (QED) is 0.801. The third-order valence-corrected chi connectivity index (χ3v) is 4.40. The molecule has 2 heterocycles. The number of methoxy groups -OCH3 is 1. The summed E-state index contributed by atoms with van der Waals surface area (Å²) in [5.41, 5.74) is 0.733. The van der Waals surface area contributed by atoms with Gasteiger partial charge in [0.25, 0.3) is 5.91 Å². The highest BCUT2D eigenvalue weighted by atomic mass is 127. The molecule has 2 atom stereocenters. The third-order valence-electron chi connectivity index (χ3n) is 2.61. The lowest BCUT2D eigenvalue weighted by Crippen LogP contribution is -2.43. The summed E-state index contributed by atoms with van der Waals surface area (Å²) in [5.74, 6) is -0.0186. The van der Waals surface area contributed by atoms with Crippen LogP contribution in [0.1, 0.15) is 10.4 Å². The number of carbonyl (C=O) groups is 1. The summed E-state index contributed by atoms with van der Waals surface area (Å²) in [6, 6.07) is 1.96. The molecule has 1 aromatic heterocycles. The van der Waals surface area contributed by atoms with Crippen LogP contribution in [0.5, 0.6) is 0 Å². The summed E-state index contributed by atoms with van der Waals surface area (Å²) in [5, 5.41) is 8.06. The lowest BCUT2D eigenvalue weighted by Gasteiger charge is -2.18. The molecule has 1 amide bonds. The van der Waals surface area contributed by atoms with Crippen molar-refractivity contribution in [3.8, 4) is 0 Å². The summed E-state index contributed by atoms with van der Waals surface area (Å²) in [4.78, 5) is 11.9. The van der Waals surface area contributed by atoms with Crippen molar-refractivity contribution >= 4 is 39.8 Å². The van der Waals surface area contributed by atoms with Gasteiger partial charge in [-0.1, -0.05) is 0 Å². The maximum Gasteiger partial charge on any atom is 0.252 e. The second kappa shape index (κ2) is 5.44. The van der Waals surface area contributed by atoms with E-state index in [0.29, 0.717) is 0 Å². The number of rotatable bonds is 3. The van der Waals surface area contributed by atoms with E-state index in [1.54, 1.807) is 18.4 Å². The molecule has 0 spiro atoms. The van der Waals surface area contributed by atoms with Crippen LogP contribution in [-0.2, 0) is 4.74 Å². The third kappa shape index (κ3) is 2.73. The molecule has 6 heteroatoms. The largest absolute Gasteiger partial charge is 0.378 e. The lowest BCUT2D eigenvalue weighted by atomic mass is 10.2. The van der Waals surface area contributed by atoms with Gasteiger partial charge in [-0.25, -0.2) is 0 Å². The number of halogens is 1. The molecule has 4 nitrogen and oxygen atoms in total. The maximum atomic E-state index is 11.9. The van der Waals surface area contributed by atoms with Crippen molar-refractivity contribution in [2.45, 2.75) is 12.1 Å². The Balaban J connectivity index is 1.97. The van der Waals surface area contributed by atoms with E-state index < -0.39 is 0 Å². The Labute approximate surface area is 112 Å². The second-order valence-electron chi connectivity index (χ2n) is 3.65. The summed E-state index contributed by atoms with van der Waals surface area (Å²) in [6.07, 6.45) is 0.0710. The molecular weight excluding hydrogens is 339 g/mol. The Morgan fingerprint density at radius 2 is 2.50 bits per heavy atom. The van der Waals surface area contributed by atoms with Crippen molar-refractivity contribution in [2.75, 3.05) is 20.2 Å². The van der Waals surface area contributed by atoms with Crippen LogP contribution < -0.4 is 10.6 Å². The Bertz CT molecular complexity index is 383. The minimum absolute atomic E-state index is 0.0186. The molecule has 1 saturated heterocycles. The topological polar surface area (TPSA) is 50.4 Å². The number of thiophene rings is 1. The molecule has 1 unspecified atom stereocenters. The maximum absolute atomic E-state index is 11.9. The van der Waals surface area contributed by atoms with E-state index in [4.69, 9.17) is 4.74 Å². The van der Waals surface area contributed by atoms with Gasteiger partial charge in [0.1, 0.15) is 0 Å². The van der Waals surface area contributed by atoms with Crippen molar-refractivity contribution < 1.29 is 9.53 Å². The van der Waals surface area contributed by atoms with Crippen molar-refractivity contribution in [3.05, 3.63) is 19.9 Å². The van der Waals surface area contributed by atoms with E-state index in [1.807, 2.05) is 11.4 Å². The molecule has 0 saturated carbocycles. The fourth-order valence-electron chi connectivity index (χ4n) is 1.73. The lowest BCUT2D eigenvalue weighted by molar-refractivity contribution is 0.0780. The van der Waals surface area contributed by atoms with Crippen molar-refractivity contribution in [3.63, 3.8) is 0 Å². The summed E-state index contributed by atoms with van der Waals surface area (Å²) >= 11 is 3.79. The van der Waals surface area contributed by atoms with Crippen molar-refractivity contribution in [2.24, 2.45) is 0 Å². The number of hydrogen-bond donors (Lipinski definition) is 2. The number of hydrogen-bond acceptors (Lipinski definition) is 4. The van der Waals surface area contributed by atoms with Crippen molar-refractivity contribution in [1.82, 2.24) is 10.6 Å². The van der Waals surface area contributed by atoms with E-state index in [0.717, 1.165) is 21.5 Å². The first-order chi connectivity index (χ1) is 7.70. The van der Waals surface area contributed by atoms with Crippen LogP contribution in [0.4, 0.5) is 0 Å². The Kier molecular flexibility index (Phi) is 4.17. The first-order valence-electron chi connectivity index (χ1n) is 4.99. The fourth-order valence-corrected chi connectivity index (χ4v) is 3.05. The molecule has 16 heavy (non-hydrogen) atoms. The number of carbonyl (C=O) groups excluding carboxylic acids is 1. The summed E-state index contributed by atoms with van der Waals surface area (Å²) < 4.78 is 6.41. The summed E-state index contributed by atoms with van der Waals surface area (Å²) in [7, 11) is 1.67. The molecular formula is C10H13IN2O2S. The van der Waals surface area contributed by atoms with Gasteiger partial charge >= 0.3 is 0 Å². The molecule has 1 aliphatic rings. The molecule has 1 aromatic rings. The first kappa shape index (κ1) is 12.3. The molecule has 1 aliphatic heterocycles. The van der Waals surface area contributed by atoms with E-state index in [2.05, 4.69) is 33.2 Å². The van der Waals surface area contributed by atoms with Gasteiger partial charge in [-0.05, 0) is 28.7 Å². The van der Waals surface area contributed by atoms with E-state index in [-0.39, 0.29) is 18.1 Å². The van der Waals surface area contributed by atoms with Gasteiger partial charge in [0.2, 0.25) is 0 Å². The van der Waals surface area contributed by atoms with Gasteiger partial charge < -0.3 is 15.4 Å². The molecule has 0 aromatic carbocycles. The minimum atomic E-state index is -0.0186. The zero-order valence-electron chi connectivity index (χ0n) is 8.83. The Morgan fingerprint density at radius 1 is 1.69 bits per heavy atom. The molecule has 0 bridgehead atoms. The normalized spacial score (nSPS) is 24.6. The highest BCUT2D eigenvalue weighted by Gasteiger charge is 2.28. The highest BCUT2D eigenvalue weighted by Crippen LogP contribution is 2.17. The SMILES string of the molecule is CO[C@H]1CNCC1NC(=O)c1csc(I)c1. The van der Waals surface area contributed by atoms with Gasteiger partial charge in [0.05, 0.1) is 20.6 Å². The average Bonchev–Trinajstić information content (AvgIpc) is 2.86. The van der Waals surface area contributed by atoms with Crippen LogP contribution in [0.3, 0.4) is 0 Å². The van der Waals surface area contributed by atoms with Gasteiger partial charge in [-0.15, -0.1) is 11.3 Å². The Hall–Kier alpha value is -0.180. The minimum Gasteiger partial charge on any atom is -0.378 e. The van der Waals surface area contributed by atoms with E-state index >= 15 is 0 Å². The Morgan fingerprint density at radius 3 is 3.12 bits per heavy atom. The van der Waals surface area contributed by atoms with Crippen LogP contribution in [0, 0.1) is 2.88 Å². The predicted octanol–water partition coefficient (Wildman–Crippen LogP) is 1.07. The summed E-state index contributed by atoms with van der Waals surface area (Å²) in [6.45, 7) is 1.56. The monoisotopic (exact) mass is 352 g/mol. The van der Waals surface area contributed by atoms with Crippen LogP contribution in [0.25, 0.3) is 0 Å². The average molecular weight is 352 g/mol. The van der Waals surface area contributed by atoms with Gasteiger partial charge in [-0.2, -0.15) is 0 Å². The molecule has 88 valence electrons. The first-order valence-corrected chi connectivity index (χ1v) is 6.95. The standard InChI is InChI=1S/C10H13IN2O2S/c1-15-8-4-12-3-7(8)13-10(14)6-2-9(11)16-5-6/h2,5,7-8,12H,3-4H2,1H3,(H,13,14)/t7?,8-/m0/s1. The van der Waals surface area contributed by atoms with Crippen molar-refractivity contribution in [1.29, 1.82) is 0 Å². The number of amides is 1. The van der Waals surface area contributed by atoms with Gasteiger partial charge in [0, 0.05) is 25.6 Å². The zero-order chi connectivity index (χ0) is 11.5. The number of ether oxygens (including phenoxy) is 1. The number of nitrogens with one attached hydrogen (secondary N) is 2. The van der Waals surface area contributed by atoms with Crippen LogP contribution >= 0.6 is 33.9 Å². The van der Waals surface area contributed by atoms with E-state index in [1.165, 1.54) is 0 Å². The molecule has 1 fully saturated rings. The highest BCUT2D eigenvalue weighted by molar-refractivity contribution is 14.1. The molecule has 2 rings (SSSR count). The van der Waals surface area contributed by atoms with Crippen LogP contribution in [-0.4, -0.2) is 38.3 Å². The molecule has 0 radical (unpaired) electrons. The fraction of sp³-hybridized carbons (Fsp3) is 0.500. The van der Waals surface area contributed by atoms with Crippen LogP contribution in [0.2, 0.25) is 0 Å². The predicted molar refractivity (Wildman–Crippen MR) is 72.0 cm³/mol. The van der Waals surface area contributed by atoms with Gasteiger partial charge in [-0.3, -0.25) is 4.79 Å². The second-order valence-corrected chi connectivity index (χ2v) is 6.46. The smallest absolute Gasteiger partial charge is 0.252 e.